The summed E-state index contributed by atoms with van der Waals surface area (Å²) in [5, 5.41) is 0. The molecule has 0 bridgehead atoms. The van der Waals surface area contributed by atoms with E-state index in [2.05, 4.69) is 0 Å². The van der Waals surface area contributed by atoms with Crippen LogP contribution < -0.4 is 0 Å². The zero-order valence-corrected chi connectivity index (χ0v) is 32.0. The van der Waals surface area contributed by atoms with Crippen LogP contribution in [0, 0.1) is 0 Å². The van der Waals surface area contributed by atoms with Crippen LogP contribution in [0.15, 0.2) is 121 Å². The van der Waals surface area contributed by atoms with Crippen molar-refractivity contribution in [2.45, 2.75) is 76.5 Å². The highest BCUT2D eigenvalue weighted by Crippen LogP contribution is 2.18. The van der Waals surface area contributed by atoms with Crippen molar-refractivity contribution in [3.63, 3.8) is 0 Å². The zero-order chi connectivity index (χ0) is 42.7. The predicted molar refractivity (Wildman–Crippen MR) is 203 cm³/mol. The molecule has 0 spiro atoms. The van der Waals surface area contributed by atoms with Crippen molar-refractivity contribution in [1.82, 2.24) is 0 Å². The lowest BCUT2D eigenvalue weighted by molar-refractivity contribution is -0.186. The fraction of sp³-hybridized carbons (Fsp3) is 0.273. The number of ether oxygens (including phenoxy) is 8. The number of rotatable bonds is 12. The number of carbonyl (C=O) groups excluding carboxylic acids is 8. The molecular formula is C44H40O16. The highest BCUT2D eigenvalue weighted by atomic mass is 16.6. The molecule has 312 valence electrons. The third kappa shape index (κ3) is 14.5. The molecule has 4 aromatic carbocycles. The SMILES string of the molecule is O=C1C[C@@H](C(=O)OCc2ccccc2)OC(=O)C[C@@H](C(=O)OCc2ccccc2)OC(=O)CC(C(=O)OCc2ccccc2)OC(=O)CC(C(=O)OCc2ccccc2)O1. The van der Waals surface area contributed by atoms with E-state index in [4.69, 9.17) is 37.9 Å². The van der Waals surface area contributed by atoms with E-state index in [-0.39, 0.29) is 26.4 Å². The Balaban J connectivity index is 1.41. The Morgan fingerprint density at radius 2 is 0.533 bits per heavy atom. The van der Waals surface area contributed by atoms with Gasteiger partial charge in [-0.25, -0.2) is 19.2 Å². The molecule has 1 heterocycles. The van der Waals surface area contributed by atoms with Crippen molar-refractivity contribution >= 4 is 47.8 Å². The van der Waals surface area contributed by atoms with Gasteiger partial charge >= 0.3 is 47.8 Å². The van der Waals surface area contributed by atoms with E-state index in [1.165, 1.54) is 0 Å². The van der Waals surface area contributed by atoms with Gasteiger partial charge in [0.05, 0.1) is 25.7 Å². The molecule has 1 fully saturated rings. The van der Waals surface area contributed by atoms with Gasteiger partial charge in [-0.1, -0.05) is 121 Å². The molecule has 60 heavy (non-hydrogen) atoms. The lowest BCUT2D eigenvalue weighted by atomic mass is 10.2. The molecule has 0 amide bonds. The van der Waals surface area contributed by atoms with E-state index in [1.54, 1.807) is 121 Å². The largest absolute Gasteiger partial charge is 0.458 e. The van der Waals surface area contributed by atoms with Crippen LogP contribution in [-0.2, 0) is 103 Å². The second-order valence-electron chi connectivity index (χ2n) is 13.1. The molecule has 1 saturated heterocycles. The topological polar surface area (TPSA) is 210 Å². The molecule has 4 aromatic rings. The Hall–Kier alpha value is -7.36. The first-order valence-electron chi connectivity index (χ1n) is 18.6. The minimum absolute atomic E-state index is 0.302. The van der Waals surface area contributed by atoms with Crippen LogP contribution in [0.25, 0.3) is 0 Å². The zero-order valence-electron chi connectivity index (χ0n) is 32.0. The van der Waals surface area contributed by atoms with Crippen LogP contribution >= 0.6 is 0 Å². The van der Waals surface area contributed by atoms with Crippen molar-refractivity contribution in [3.8, 4) is 0 Å². The number of esters is 8. The number of carbonyl (C=O) groups is 8. The molecule has 4 atom stereocenters. The predicted octanol–water partition coefficient (Wildman–Crippen LogP) is 4.18. The molecule has 1 aliphatic rings. The van der Waals surface area contributed by atoms with Crippen LogP contribution in [0.3, 0.4) is 0 Å². The normalized spacial score (nSPS) is 18.9. The third-order valence-corrected chi connectivity index (χ3v) is 8.45. The van der Waals surface area contributed by atoms with E-state index in [0.717, 1.165) is 0 Å². The summed E-state index contributed by atoms with van der Waals surface area (Å²) in [6, 6.07) is 33.5. The standard InChI is InChI=1S/C44H40O16/c45-37-21-33(41(49)53-25-29-13-5-1-6-14-29)57-38(46)22-34(42(50)54-26-30-15-7-2-8-16-30)59-40(48)24-36(44(52)56-28-32-19-11-4-12-20-32)60-39(47)23-35(58-37)43(51)55-27-31-17-9-3-10-18-31/h1-20,33-36H,21-28H2/t33-,34-,35?,36?/m0/s1. The number of hydrogen-bond acceptors (Lipinski definition) is 16. The van der Waals surface area contributed by atoms with Gasteiger partial charge in [0, 0.05) is 0 Å². The van der Waals surface area contributed by atoms with Crippen LogP contribution in [0.1, 0.15) is 47.9 Å². The van der Waals surface area contributed by atoms with Crippen molar-refractivity contribution < 1.29 is 76.3 Å². The summed E-state index contributed by atoms with van der Waals surface area (Å²) in [5.74, 6) is -10.2. The highest BCUT2D eigenvalue weighted by molar-refractivity contribution is 5.91. The first-order valence-corrected chi connectivity index (χ1v) is 18.6. The molecule has 0 N–H and O–H groups in total. The monoisotopic (exact) mass is 824 g/mol. The summed E-state index contributed by atoms with van der Waals surface area (Å²) < 4.78 is 42.4. The lowest BCUT2D eigenvalue weighted by Crippen LogP contribution is -2.40. The van der Waals surface area contributed by atoms with Crippen molar-refractivity contribution in [2.24, 2.45) is 0 Å². The van der Waals surface area contributed by atoms with Crippen LogP contribution in [0.2, 0.25) is 0 Å². The van der Waals surface area contributed by atoms with Crippen molar-refractivity contribution in [2.75, 3.05) is 0 Å². The van der Waals surface area contributed by atoms with Crippen molar-refractivity contribution in [3.05, 3.63) is 144 Å². The molecule has 2 unspecified atom stereocenters. The Morgan fingerprint density at radius 1 is 0.350 bits per heavy atom. The van der Waals surface area contributed by atoms with Gasteiger partial charge in [-0.15, -0.1) is 0 Å². The summed E-state index contributed by atoms with van der Waals surface area (Å²) in [5.41, 5.74) is 2.18. The summed E-state index contributed by atoms with van der Waals surface area (Å²) in [4.78, 5) is 107. The third-order valence-electron chi connectivity index (χ3n) is 8.45. The number of hydrogen-bond donors (Lipinski definition) is 0. The maximum Gasteiger partial charge on any atom is 0.348 e. The van der Waals surface area contributed by atoms with Gasteiger partial charge in [0.2, 0.25) is 24.4 Å². The Labute approximate surface area is 343 Å². The average molecular weight is 825 g/mol. The second kappa shape index (κ2) is 22.5. The first-order chi connectivity index (χ1) is 29.0. The first kappa shape index (κ1) is 43.8. The summed E-state index contributed by atoms with van der Waals surface area (Å²) in [6.45, 7) is -1.21. The number of benzene rings is 4. The summed E-state index contributed by atoms with van der Waals surface area (Å²) >= 11 is 0. The Morgan fingerprint density at radius 3 is 0.717 bits per heavy atom. The van der Waals surface area contributed by atoms with E-state index < -0.39 is 97.9 Å². The van der Waals surface area contributed by atoms with Crippen molar-refractivity contribution in [1.29, 1.82) is 0 Å². The van der Waals surface area contributed by atoms with E-state index in [0.29, 0.717) is 22.3 Å². The van der Waals surface area contributed by atoms with E-state index in [1.807, 2.05) is 0 Å². The van der Waals surface area contributed by atoms with Gasteiger partial charge in [0.15, 0.2) is 0 Å². The van der Waals surface area contributed by atoms with Gasteiger partial charge in [-0.3, -0.25) is 19.2 Å². The van der Waals surface area contributed by atoms with Gasteiger partial charge in [0.25, 0.3) is 0 Å². The lowest BCUT2D eigenvalue weighted by Gasteiger charge is -2.23. The maximum absolute atomic E-state index is 13.4. The van der Waals surface area contributed by atoms with Gasteiger partial charge in [0.1, 0.15) is 26.4 Å². The minimum Gasteiger partial charge on any atom is -0.458 e. The highest BCUT2D eigenvalue weighted by Gasteiger charge is 2.38. The molecule has 1 aliphatic heterocycles. The maximum atomic E-state index is 13.4. The molecular weight excluding hydrogens is 784 g/mol. The quantitative estimate of drug-likeness (QED) is 0.145. The summed E-state index contributed by atoms with van der Waals surface area (Å²) in [7, 11) is 0. The van der Waals surface area contributed by atoms with E-state index >= 15 is 0 Å². The summed E-state index contributed by atoms with van der Waals surface area (Å²) in [6.07, 6.45) is -12.3. The van der Waals surface area contributed by atoms with Crippen LogP contribution in [0.4, 0.5) is 0 Å². The fourth-order valence-corrected chi connectivity index (χ4v) is 5.41. The molecule has 0 radical (unpaired) electrons. The molecule has 16 heteroatoms. The van der Waals surface area contributed by atoms with Gasteiger partial charge < -0.3 is 37.9 Å². The molecule has 0 saturated carbocycles. The Kier molecular flexibility index (Phi) is 16.4. The van der Waals surface area contributed by atoms with Gasteiger partial charge in [-0.2, -0.15) is 0 Å². The molecule has 0 aliphatic carbocycles. The van der Waals surface area contributed by atoms with E-state index in [9.17, 15) is 38.4 Å². The van der Waals surface area contributed by atoms with Crippen LogP contribution in [-0.4, -0.2) is 72.2 Å². The van der Waals surface area contributed by atoms with Crippen LogP contribution in [0.5, 0.6) is 0 Å². The smallest absolute Gasteiger partial charge is 0.348 e. The minimum atomic E-state index is -2.02. The molecule has 5 rings (SSSR count). The Bertz CT molecular complexity index is 1760. The average Bonchev–Trinajstić information content (AvgIpc) is 3.25. The molecule has 16 nitrogen and oxygen atoms in total. The number of cyclic esters (lactones) is 4. The molecule has 0 aromatic heterocycles. The van der Waals surface area contributed by atoms with Gasteiger partial charge in [-0.05, 0) is 22.3 Å². The fourth-order valence-electron chi connectivity index (χ4n) is 5.41. The second-order valence-corrected chi connectivity index (χ2v) is 13.1.